The summed E-state index contributed by atoms with van der Waals surface area (Å²) in [5.41, 5.74) is 6.44. The summed E-state index contributed by atoms with van der Waals surface area (Å²) in [6.07, 6.45) is 0. The van der Waals surface area contributed by atoms with Gasteiger partial charge < -0.3 is 10.6 Å². The molecule has 1 amide bonds. The van der Waals surface area contributed by atoms with Crippen LogP contribution in [0.25, 0.3) is 0 Å². The van der Waals surface area contributed by atoms with Gasteiger partial charge in [-0.25, -0.2) is 0 Å². The predicted molar refractivity (Wildman–Crippen MR) is 50.7 cm³/mol. The van der Waals surface area contributed by atoms with Gasteiger partial charge in [-0.3, -0.25) is 4.79 Å². The first kappa shape index (κ1) is 11.2. The number of likely N-dealkylation sites (N-methyl/N-ethyl adjacent to an activating group) is 1. The molecular weight excluding hydrogens is 152 g/mol. The Morgan fingerprint density at radius 1 is 1.67 bits per heavy atom. The third-order valence-electron chi connectivity index (χ3n) is 1.54. The van der Waals surface area contributed by atoms with Crippen molar-refractivity contribution in [3.05, 3.63) is 12.2 Å². The second-order valence-corrected chi connectivity index (χ2v) is 3.10. The molecule has 0 saturated heterocycles. The van der Waals surface area contributed by atoms with E-state index in [9.17, 15) is 4.79 Å². The number of carbonyl (C=O) groups excluding carboxylic acids is 1. The fourth-order valence-corrected chi connectivity index (χ4v) is 0.959. The first-order valence-electron chi connectivity index (χ1n) is 4.17. The first-order chi connectivity index (χ1) is 5.49. The molecule has 0 spiro atoms. The van der Waals surface area contributed by atoms with E-state index in [1.165, 1.54) is 0 Å². The number of amides is 1. The Labute approximate surface area is 74.2 Å². The minimum absolute atomic E-state index is 0.0134. The van der Waals surface area contributed by atoms with Gasteiger partial charge in [-0.1, -0.05) is 12.2 Å². The average Bonchev–Trinajstić information content (AvgIpc) is 1.98. The molecule has 0 saturated carbocycles. The molecule has 0 rings (SSSR count). The molecule has 0 aliphatic heterocycles. The third-order valence-corrected chi connectivity index (χ3v) is 1.54. The monoisotopic (exact) mass is 170 g/mol. The molecule has 0 aromatic carbocycles. The van der Waals surface area contributed by atoms with Gasteiger partial charge in [-0.2, -0.15) is 0 Å². The lowest BCUT2D eigenvalue weighted by atomic mass is 10.2. The Morgan fingerprint density at radius 3 is 2.42 bits per heavy atom. The number of nitrogens with two attached hydrogens (primary N) is 1. The molecule has 3 nitrogen and oxygen atoms in total. The molecule has 0 fully saturated rings. The summed E-state index contributed by atoms with van der Waals surface area (Å²) >= 11 is 0. The average molecular weight is 170 g/mol. The highest BCUT2D eigenvalue weighted by atomic mass is 16.2. The topological polar surface area (TPSA) is 46.3 Å². The molecule has 2 N–H and O–H groups in total. The normalized spacial score (nSPS) is 12.3. The maximum absolute atomic E-state index is 11.4. The van der Waals surface area contributed by atoms with Crippen LogP contribution in [-0.2, 0) is 4.79 Å². The summed E-state index contributed by atoms with van der Waals surface area (Å²) in [7, 11) is 0. The molecule has 0 aromatic rings. The van der Waals surface area contributed by atoms with Crippen molar-refractivity contribution in [3.63, 3.8) is 0 Å². The van der Waals surface area contributed by atoms with Crippen LogP contribution in [0.4, 0.5) is 0 Å². The summed E-state index contributed by atoms with van der Waals surface area (Å²) in [4.78, 5) is 13.1. The van der Waals surface area contributed by atoms with Gasteiger partial charge in [0.25, 0.3) is 0 Å². The van der Waals surface area contributed by atoms with Crippen molar-refractivity contribution >= 4 is 5.91 Å². The Hall–Kier alpha value is -0.830. The van der Waals surface area contributed by atoms with E-state index in [2.05, 4.69) is 6.58 Å². The zero-order valence-corrected chi connectivity index (χ0v) is 8.13. The van der Waals surface area contributed by atoms with Crippen molar-refractivity contribution in [2.24, 2.45) is 5.73 Å². The molecule has 1 atom stereocenters. The number of hydrogen-bond donors (Lipinski definition) is 1. The van der Waals surface area contributed by atoms with Gasteiger partial charge >= 0.3 is 0 Å². The van der Waals surface area contributed by atoms with Crippen LogP contribution in [-0.4, -0.2) is 29.9 Å². The van der Waals surface area contributed by atoms with Gasteiger partial charge in [0.15, 0.2) is 0 Å². The van der Waals surface area contributed by atoms with Crippen molar-refractivity contribution in [3.8, 4) is 0 Å². The van der Waals surface area contributed by atoms with Crippen LogP contribution in [0.5, 0.6) is 0 Å². The Balaban J connectivity index is 4.15. The molecule has 0 radical (unpaired) electrons. The van der Waals surface area contributed by atoms with E-state index in [4.69, 9.17) is 5.73 Å². The third kappa shape index (κ3) is 3.53. The molecular formula is C9H18N2O. The van der Waals surface area contributed by atoms with Crippen molar-refractivity contribution in [1.29, 1.82) is 0 Å². The zero-order chi connectivity index (χ0) is 9.72. The minimum atomic E-state index is -0.413. The molecule has 70 valence electrons. The first-order valence-corrected chi connectivity index (χ1v) is 4.17. The fraction of sp³-hybridized carbons (Fsp3) is 0.667. The van der Waals surface area contributed by atoms with Crippen LogP contribution in [0.1, 0.15) is 20.8 Å². The van der Waals surface area contributed by atoms with Gasteiger partial charge in [0.05, 0.1) is 6.04 Å². The predicted octanol–water partition coefficient (Wildman–Crippen LogP) is 0.758. The molecule has 12 heavy (non-hydrogen) atoms. The quantitative estimate of drug-likeness (QED) is 0.633. The molecule has 3 heteroatoms. The largest absolute Gasteiger partial charge is 0.338 e. The number of rotatable bonds is 4. The summed E-state index contributed by atoms with van der Waals surface area (Å²) < 4.78 is 0. The van der Waals surface area contributed by atoms with Crippen LogP contribution < -0.4 is 5.73 Å². The van der Waals surface area contributed by atoms with Crippen molar-refractivity contribution < 1.29 is 4.79 Å². The maximum atomic E-state index is 11.4. The van der Waals surface area contributed by atoms with Gasteiger partial charge in [-0.15, -0.1) is 0 Å². The summed E-state index contributed by atoms with van der Waals surface area (Å²) in [6.45, 7) is 10.6. The lowest BCUT2D eigenvalue weighted by Gasteiger charge is -2.22. The number of carbonyl (C=O) groups is 1. The maximum Gasteiger partial charge on any atom is 0.239 e. The summed E-state index contributed by atoms with van der Waals surface area (Å²) in [5.74, 6) is -0.0134. The summed E-state index contributed by atoms with van der Waals surface area (Å²) in [6, 6.07) is -0.413. The second-order valence-electron chi connectivity index (χ2n) is 3.10. The van der Waals surface area contributed by atoms with E-state index < -0.39 is 6.04 Å². The Morgan fingerprint density at radius 2 is 2.17 bits per heavy atom. The molecule has 0 aromatic heterocycles. The van der Waals surface area contributed by atoms with E-state index in [1.807, 2.05) is 13.8 Å². The Kier molecular flexibility index (Phi) is 4.59. The minimum Gasteiger partial charge on any atom is -0.338 e. The van der Waals surface area contributed by atoms with E-state index >= 15 is 0 Å². The van der Waals surface area contributed by atoms with Crippen molar-refractivity contribution in [2.45, 2.75) is 26.8 Å². The van der Waals surface area contributed by atoms with E-state index in [1.54, 1.807) is 11.8 Å². The van der Waals surface area contributed by atoms with E-state index in [0.717, 1.165) is 5.57 Å². The van der Waals surface area contributed by atoms with Gasteiger partial charge in [0.1, 0.15) is 0 Å². The smallest absolute Gasteiger partial charge is 0.239 e. The van der Waals surface area contributed by atoms with Crippen LogP contribution in [0.2, 0.25) is 0 Å². The number of hydrogen-bond acceptors (Lipinski definition) is 2. The highest BCUT2D eigenvalue weighted by Gasteiger charge is 2.14. The van der Waals surface area contributed by atoms with E-state index in [-0.39, 0.29) is 5.91 Å². The van der Waals surface area contributed by atoms with Crippen molar-refractivity contribution in [2.75, 3.05) is 13.1 Å². The lowest BCUT2D eigenvalue weighted by Crippen LogP contribution is -2.42. The number of nitrogens with zero attached hydrogens (tertiary/aromatic N) is 1. The zero-order valence-electron chi connectivity index (χ0n) is 8.13. The van der Waals surface area contributed by atoms with Gasteiger partial charge in [0.2, 0.25) is 5.91 Å². The van der Waals surface area contributed by atoms with Gasteiger partial charge in [-0.05, 0) is 20.8 Å². The standard InChI is InChI=1S/C9H18N2O/c1-5-11(6-7(2)3)9(12)8(4)10/h8H,2,5-6,10H2,1,3-4H3/t8-/m0/s1. The molecule has 0 bridgehead atoms. The fourth-order valence-electron chi connectivity index (χ4n) is 0.959. The molecule has 0 aliphatic rings. The molecule has 0 aliphatic carbocycles. The van der Waals surface area contributed by atoms with Crippen LogP contribution >= 0.6 is 0 Å². The summed E-state index contributed by atoms with van der Waals surface area (Å²) in [5, 5.41) is 0. The van der Waals surface area contributed by atoms with Crippen LogP contribution in [0.15, 0.2) is 12.2 Å². The van der Waals surface area contributed by atoms with Gasteiger partial charge in [0, 0.05) is 13.1 Å². The highest BCUT2D eigenvalue weighted by Crippen LogP contribution is 1.97. The van der Waals surface area contributed by atoms with Crippen LogP contribution in [0, 0.1) is 0 Å². The van der Waals surface area contributed by atoms with E-state index in [0.29, 0.717) is 13.1 Å². The Bertz CT molecular complexity index is 175. The highest BCUT2D eigenvalue weighted by molar-refractivity contribution is 5.81. The SMILES string of the molecule is C=C(C)CN(CC)C(=O)[C@H](C)N. The molecule has 0 unspecified atom stereocenters. The second kappa shape index (κ2) is 4.93. The molecule has 0 heterocycles. The van der Waals surface area contributed by atoms with Crippen molar-refractivity contribution in [1.82, 2.24) is 4.90 Å². The van der Waals surface area contributed by atoms with Crippen LogP contribution in [0.3, 0.4) is 0 Å². The lowest BCUT2D eigenvalue weighted by molar-refractivity contribution is -0.131.